The van der Waals surface area contributed by atoms with Crippen LogP contribution in [0.3, 0.4) is 0 Å². The molecule has 0 saturated heterocycles. The highest BCUT2D eigenvalue weighted by molar-refractivity contribution is 6.38. The van der Waals surface area contributed by atoms with E-state index in [1.54, 1.807) is 21.3 Å². The molecular weight excluding hydrogens is 315 g/mol. The molecule has 1 radical (unpaired) electrons. The number of carbonyl (C=O) groups excluding carboxylic acids is 1. The van der Waals surface area contributed by atoms with Gasteiger partial charge in [-0.05, 0) is 53.4 Å². The molecule has 143 valence electrons. The van der Waals surface area contributed by atoms with Crippen LogP contribution < -0.4 is 0 Å². The molecule has 1 unspecified atom stereocenters. The quantitative estimate of drug-likeness (QED) is 0.341. The van der Waals surface area contributed by atoms with Gasteiger partial charge in [0.2, 0.25) is 0 Å². The fourth-order valence-electron chi connectivity index (χ4n) is 2.54. The number of hydrogen-bond acceptors (Lipinski definition) is 4. The number of hydrogen-bond donors (Lipinski definition) is 1. The molecule has 0 aromatic heterocycles. The minimum absolute atomic E-state index is 0.0323. The Labute approximate surface area is 154 Å². The van der Waals surface area contributed by atoms with Crippen molar-refractivity contribution in [3.05, 3.63) is 11.5 Å². The lowest BCUT2D eigenvalue weighted by Gasteiger charge is -2.38. The van der Waals surface area contributed by atoms with Gasteiger partial charge in [0.15, 0.2) is 0 Å². The minimum atomic E-state index is -0.928. The van der Waals surface area contributed by atoms with Gasteiger partial charge in [0.1, 0.15) is 0 Å². The molecule has 0 aromatic rings. The zero-order valence-electron chi connectivity index (χ0n) is 16.8. The van der Waals surface area contributed by atoms with E-state index in [4.69, 9.17) is 9.39 Å². The third-order valence-corrected chi connectivity index (χ3v) is 5.25. The first-order chi connectivity index (χ1) is 11.7. The van der Waals surface area contributed by atoms with E-state index in [-0.39, 0.29) is 11.9 Å². The Morgan fingerprint density at radius 2 is 1.92 bits per heavy atom. The van der Waals surface area contributed by atoms with Gasteiger partial charge in [0.05, 0.1) is 23.7 Å². The van der Waals surface area contributed by atoms with Gasteiger partial charge in [-0.25, -0.2) is 0 Å². The van der Waals surface area contributed by atoms with Gasteiger partial charge in [-0.3, -0.25) is 4.79 Å². The van der Waals surface area contributed by atoms with Gasteiger partial charge in [-0.2, -0.15) is 0 Å². The average Bonchev–Trinajstić information content (AvgIpc) is 2.55. The molecule has 0 saturated carbocycles. The normalized spacial score (nSPS) is 18.6. The summed E-state index contributed by atoms with van der Waals surface area (Å²) in [6, 6.07) is 0. The fraction of sp³-hybridized carbons (Fsp3) is 0.850. The molecule has 25 heavy (non-hydrogen) atoms. The van der Waals surface area contributed by atoms with Crippen LogP contribution in [0.15, 0.2) is 11.5 Å². The van der Waals surface area contributed by atoms with Crippen molar-refractivity contribution in [1.82, 2.24) is 0 Å². The maximum Gasteiger partial charge on any atom is 0.326 e. The molecular formula is C20H36BO4. The van der Waals surface area contributed by atoms with Gasteiger partial charge in [0, 0.05) is 0 Å². The number of rotatable bonds is 11. The predicted molar refractivity (Wildman–Crippen MR) is 102 cm³/mol. The lowest BCUT2D eigenvalue weighted by Crippen LogP contribution is -2.48. The summed E-state index contributed by atoms with van der Waals surface area (Å²) in [6.07, 6.45) is 10.2. The summed E-state index contributed by atoms with van der Waals surface area (Å²) in [4.78, 5) is 12.1. The van der Waals surface area contributed by atoms with Crippen molar-refractivity contribution in [2.45, 2.75) is 97.2 Å². The molecule has 0 spiro atoms. The van der Waals surface area contributed by atoms with Crippen molar-refractivity contribution < 1.29 is 19.3 Å². The predicted octanol–water partition coefficient (Wildman–Crippen LogP) is 4.37. The topological polar surface area (TPSA) is 55.8 Å². The Hall–Kier alpha value is -0.805. The number of aliphatic hydroxyl groups is 1. The van der Waals surface area contributed by atoms with Crippen LogP contribution in [0, 0.1) is 5.92 Å². The zero-order valence-corrected chi connectivity index (χ0v) is 16.8. The molecule has 0 bridgehead atoms. The van der Waals surface area contributed by atoms with Crippen LogP contribution in [0.25, 0.3) is 0 Å². The van der Waals surface area contributed by atoms with E-state index in [9.17, 15) is 9.90 Å². The lowest BCUT2D eigenvalue weighted by atomic mass is 9.75. The van der Waals surface area contributed by atoms with Gasteiger partial charge in [0.25, 0.3) is 0 Å². The highest BCUT2D eigenvalue weighted by Gasteiger charge is 2.36. The van der Waals surface area contributed by atoms with Crippen LogP contribution in [0.4, 0.5) is 0 Å². The molecule has 1 rings (SSSR count). The maximum atomic E-state index is 12.1. The van der Waals surface area contributed by atoms with Crippen molar-refractivity contribution in [3.8, 4) is 0 Å². The fourth-order valence-corrected chi connectivity index (χ4v) is 2.54. The molecule has 0 amide bonds. The van der Waals surface area contributed by atoms with Gasteiger partial charge >= 0.3 is 13.5 Å². The van der Waals surface area contributed by atoms with E-state index in [0.717, 1.165) is 31.2 Å². The van der Waals surface area contributed by atoms with E-state index in [1.807, 2.05) is 13.8 Å². The second kappa shape index (κ2) is 10.4. The molecule has 0 aromatic carbocycles. The first kappa shape index (κ1) is 22.2. The molecule has 5 heteroatoms. The third-order valence-electron chi connectivity index (χ3n) is 5.25. The van der Waals surface area contributed by atoms with Crippen LogP contribution in [0.5, 0.6) is 0 Å². The number of ether oxygens (including phenoxy) is 1. The standard InChI is InChI=1S/C20H36BO4/c1-6-7-8-9-10-15-24-18(22)16-11-13-17(14-12-16)21-25-20(4,5)19(2,3)23/h13,16,23H,6-12,14-15H2,1-5H3. The van der Waals surface area contributed by atoms with E-state index >= 15 is 0 Å². The Morgan fingerprint density at radius 3 is 2.48 bits per heavy atom. The molecule has 1 aliphatic carbocycles. The first-order valence-electron chi connectivity index (χ1n) is 9.76. The van der Waals surface area contributed by atoms with E-state index in [0.29, 0.717) is 13.0 Å². The smallest absolute Gasteiger partial charge is 0.326 e. The molecule has 0 fully saturated rings. The largest absolute Gasteiger partial charge is 0.465 e. The van der Waals surface area contributed by atoms with Crippen molar-refractivity contribution in [3.63, 3.8) is 0 Å². The number of unbranched alkanes of at least 4 members (excludes halogenated alkanes) is 4. The summed E-state index contributed by atoms with van der Waals surface area (Å²) < 4.78 is 11.2. The molecule has 0 heterocycles. The molecule has 1 atom stereocenters. The summed E-state index contributed by atoms with van der Waals surface area (Å²) in [6.45, 7) is 9.96. The van der Waals surface area contributed by atoms with Gasteiger partial charge in [-0.1, -0.05) is 44.2 Å². The Bertz CT molecular complexity index is 437. The summed E-state index contributed by atoms with van der Waals surface area (Å²) in [7, 11) is 1.73. The summed E-state index contributed by atoms with van der Waals surface area (Å²) in [5, 5.41) is 10.1. The Morgan fingerprint density at radius 1 is 1.24 bits per heavy atom. The second-order valence-electron chi connectivity index (χ2n) is 8.14. The minimum Gasteiger partial charge on any atom is -0.465 e. The van der Waals surface area contributed by atoms with Crippen molar-refractivity contribution in [2.24, 2.45) is 5.92 Å². The summed E-state index contributed by atoms with van der Waals surface area (Å²) in [5.41, 5.74) is -0.509. The van der Waals surface area contributed by atoms with Crippen LogP contribution >= 0.6 is 0 Å². The number of carbonyl (C=O) groups is 1. The Balaban J connectivity index is 2.28. The van der Waals surface area contributed by atoms with Crippen LogP contribution in [0.2, 0.25) is 0 Å². The van der Waals surface area contributed by atoms with E-state index in [1.165, 1.54) is 19.3 Å². The Kier molecular flexibility index (Phi) is 9.22. The van der Waals surface area contributed by atoms with Crippen LogP contribution in [0.1, 0.15) is 86.0 Å². The molecule has 4 nitrogen and oxygen atoms in total. The monoisotopic (exact) mass is 351 g/mol. The van der Waals surface area contributed by atoms with E-state index < -0.39 is 11.2 Å². The van der Waals surface area contributed by atoms with Crippen molar-refractivity contribution in [1.29, 1.82) is 0 Å². The zero-order chi connectivity index (χ0) is 18.9. The van der Waals surface area contributed by atoms with E-state index in [2.05, 4.69) is 13.0 Å². The van der Waals surface area contributed by atoms with Gasteiger partial charge < -0.3 is 14.5 Å². The number of esters is 1. The summed E-state index contributed by atoms with van der Waals surface area (Å²) in [5.74, 6) is -0.0985. The molecule has 0 aliphatic heterocycles. The second-order valence-corrected chi connectivity index (χ2v) is 8.14. The third kappa shape index (κ3) is 7.95. The lowest BCUT2D eigenvalue weighted by molar-refractivity contribution is -0.148. The molecule has 1 N–H and O–H groups in total. The maximum absolute atomic E-state index is 12.1. The highest BCUT2D eigenvalue weighted by atomic mass is 16.5. The van der Waals surface area contributed by atoms with Crippen molar-refractivity contribution in [2.75, 3.05) is 6.61 Å². The first-order valence-corrected chi connectivity index (χ1v) is 9.76. The van der Waals surface area contributed by atoms with Crippen LogP contribution in [-0.2, 0) is 14.2 Å². The average molecular weight is 351 g/mol. The molecule has 1 aliphatic rings. The van der Waals surface area contributed by atoms with Crippen molar-refractivity contribution >= 4 is 13.5 Å². The van der Waals surface area contributed by atoms with Gasteiger partial charge in [-0.15, -0.1) is 0 Å². The number of allylic oxidation sites excluding steroid dienone is 2. The highest BCUT2D eigenvalue weighted by Crippen LogP contribution is 2.28. The SMILES string of the molecule is CCCCCCCOC(=O)C1CC=C([B]OC(C)(C)C(C)(C)O)CC1. The summed E-state index contributed by atoms with van der Waals surface area (Å²) >= 11 is 0. The van der Waals surface area contributed by atoms with Crippen LogP contribution in [-0.4, -0.2) is 36.4 Å².